The van der Waals surface area contributed by atoms with E-state index in [0.29, 0.717) is 22.0 Å². The lowest BCUT2D eigenvalue weighted by Crippen LogP contribution is -2.28. The number of hydrogen-bond acceptors (Lipinski definition) is 5. The van der Waals surface area contributed by atoms with E-state index in [9.17, 15) is 9.36 Å². The van der Waals surface area contributed by atoms with Crippen molar-refractivity contribution in [2.24, 2.45) is 0 Å². The van der Waals surface area contributed by atoms with Crippen molar-refractivity contribution in [1.29, 1.82) is 0 Å². The molecule has 0 bridgehead atoms. The molecule has 1 aromatic heterocycles. The normalized spacial score (nSPS) is 17.3. The average molecular weight is 482 g/mol. The van der Waals surface area contributed by atoms with E-state index in [1.165, 1.54) is 17.5 Å². The molecule has 1 N–H and O–H groups in total. The Hall–Kier alpha value is -1.66. The Labute approximate surface area is 188 Å². The van der Waals surface area contributed by atoms with E-state index in [0.717, 1.165) is 15.6 Å². The highest BCUT2D eigenvalue weighted by Gasteiger charge is 2.45. The zero-order valence-electron chi connectivity index (χ0n) is 15.7. The smallest absolute Gasteiger partial charge is 0.332 e. The number of nitrogens with one attached hydrogen (secondary N) is 1. The van der Waals surface area contributed by atoms with Gasteiger partial charge in [0.1, 0.15) is 0 Å². The summed E-state index contributed by atoms with van der Waals surface area (Å²) in [7, 11) is -3.71. The molecule has 4 rings (SSSR count). The number of rotatable bonds is 5. The van der Waals surface area contributed by atoms with E-state index in [4.69, 9.17) is 32.2 Å². The van der Waals surface area contributed by atoms with Gasteiger partial charge in [0.2, 0.25) is 5.91 Å². The summed E-state index contributed by atoms with van der Waals surface area (Å²) in [5.41, 5.74) is 0.300. The van der Waals surface area contributed by atoms with Crippen molar-refractivity contribution in [3.8, 4) is 0 Å². The maximum Gasteiger partial charge on any atom is 0.347 e. The Kier molecular flexibility index (Phi) is 6.63. The Morgan fingerprint density at radius 3 is 2.67 bits per heavy atom. The van der Waals surface area contributed by atoms with Gasteiger partial charge in [-0.15, -0.1) is 11.3 Å². The Bertz CT molecular complexity index is 1150. The van der Waals surface area contributed by atoms with Gasteiger partial charge in [0.25, 0.3) is 0 Å². The summed E-state index contributed by atoms with van der Waals surface area (Å²) < 4.78 is 25.5. The number of thiophene rings is 1. The molecule has 3 aromatic rings. The number of benzene rings is 2. The molecule has 5 nitrogen and oxygen atoms in total. The van der Waals surface area contributed by atoms with E-state index in [1.807, 2.05) is 23.6 Å². The van der Waals surface area contributed by atoms with E-state index in [2.05, 4.69) is 5.32 Å². The SMILES string of the molecule is O=C(N/C=C/c1cccc(Cl)c1)C(c1csc2ccc(Cl)cc12)P1(=O)OCCCO1. The van der Waals surface area contributed by atoms with Gasteiger partial charge < -0.3 is 14.4 Å². The van der Waals surface area contributed by atoms with Crippen LogP contribution >= 0.6 is 42.1 Å². The van der Waals surface area contributed by atoms with Crippen molar-refractivity contribution < 1.29 is 18.4 Å². The zero-order chi connectivity index (χ0) is 21.1. The van der Waals surface area contributed by atoms with Gasteiger partial charge in [-0.3, -0.25) is 9.36 Å². The Morgan fingerprint density at radius 2 is 1.90 bits per heavy atom. The Balaban J connectivity index is 1.67. The predicted octanol–water partition coefficient (Wildman–Crippen LogP) is 6.67. The number of hydrogen-bond donors (Lipinski definition) is 1. The quantitative estimate of drug-likeness (QED) is 0.413. The van der Waals surface area contributed by atoms with Crippen LogP contribution in [0.4, 0.5) is 0 Å². The third-order valence-electron chi connectivity index (χ3n) is 4.61. The van der Waals surface area contributed by atoms with E-state index >= 15 is 0 Å². The molecule has 2 aromatic carbocycles. The third kappa shape index (κ3) is 4.65. The molecule has 1 aliphatic heterocycles. The fourth-order valence-electron chi connectivity index (χ4n) is 3.23. The molecular formula is C21H18Cl2NO4PS. The first kappa shape index (κ1) is 21.6. The number of fused-ring (bicyclic) bond motifs is 1. The van der Waals surface area contributed by atoms with Gasteiger partial charge in [0.05, 0.1) is 13.2 Å². The van der Waals surface area contributed by atoms with Gasteiger partial charge >= 0.3 is 7.60 Å². The van der Waals surface area contributed by atoms with Crippen molar-refractivity contribution in [3.63, 3.8) is 0 Å². The highest BCUT2D eigenvalue weighted by Crippen LogP contribution is 2.63. The number of carbonyl (C=O) groups is 1. The lowest BCUT2D eigenvalue weighted by molar-refractivity contribution is -0.120. The lowest BCUT2D eigenvalue weighted by Gasteiger charge is -2.29. The fraction of sp³-hybridized carbons (Fsp3) is 0.190. The summed E-state index contributed by atoms with van der Waals surface area (Å²) in [6.45, 7) is 0.560. The van der Waals surface area contributed by atoms with Gasteiger partial charge in [-0.25, -0.2) is 0 Å². The van der Waals surface area contributed by atoms with Crippen LogP contribution in [-0.2, 0) is 18.4 Å². The lowest BCUT2D eigenvalue weighted by atomic mass is 10.1. The average Bonchev–Trinajstić information content (AvgIpc) is 3.11. The van der Waals surface area contributed by atoms with Crippen LogP contribution in [0, 0.1) is 0 Å². The van der Waals surface area contributed by atoms with Crippen LogP contribution in [0.15, 0.2) is 54.0 Å². The van der Waals surface area contributed by atoms with Crippen LogP contribution in [-0.4, -0.2) is 19.1 Å². The summed E-state index contributed by atoms with van der Waals surface area (Å²) in [6, 6.07) is 12.6. The van der Waals surface area contributed by atoms with E-state index in [1.54, 1.807) is 30.3 Å². The van der Waals surface area contributed by atoms with Gasteiger partial charge in [0.15, 0.2) is 5.66 Å². The van der Waals surface area contributed by atoms with Crippen LogP contribution in [0.5, 0.6) is 0 Å². The molecule has 0 aliphatic carbocycles. The molecule has 0 saturated carbocycles. The minimum absolute atomic E-state index is 0.280. The van der Waals surface area contributed by atoms with Crippen molar-refractivity contribution in [3.05, 3.63) is 75.2 Å². The molecule has 0 radical (unpaired) electrons. The highest BCUT2D eigenvalue weighted by molar-refractivity contribution is 7.55. The third-order valence-corrected chi connectivity index (χ3v) is 8.29. The van der Waals surface area contributed by atoms with Crippen LogP contribution in [0.25, 0.3) is 16.2 Å². The van der Waals surface area contributed by atoms with Gasteiger partial charge in [-0.2, -0.15) is 0 Å². The van der Waals surface area contributed by atoms with Crippen molar-refractivity contribution in [1.82, 2.24) is 5.32 Å². The van der Waals surface area contributed by atoms with Crippen LogP contribution in [0.3, 0.4) is 0 Å². The second-order valence-electron chi connectivity index (χ2n) is 6.69. The minimum atomic E-state index is -3.71. The summed E-state index contributed by atoms with van der Waals surface area (Å²) in [4.78, 5) is 13.2. The molecular weight excluding hydrogens is 464 g/mol. The molecule has 156 valence electrons. The second kappa shape index (κ2) is 9.23. The maximum atomic E-state index is 13.5. The number of halogens is 2. The largest absolute Gasteiger partial charge is 0.347 e. The molecule has 1 aliphatic rings. The fourth-order valence-corrected chi connectivity index (χ4v) is 6.72. The predicted molar refractivity (Wildman–Crippen MR) is 122 cm³/mol. The molecule has 2 heterocycles. The summed E-state index contributed by atoms with van der Waals surface area (Å²) in [5.74, 6) is -0.474. The topological polar surface area (TPSA) is 64.6 Å². The molecule has 1 atom stereocenters. The molecule has 1 fully saturated rings. The van der Waals surface area contributed by atoms with Crippen LogP contribution in [0.2, 0.25) is 10.0 Å². The van der Waals surface area contributed by atoms with E-state index < -0.39 is 19.2 Å². The number of amides is 1. The van der Waals surface area contributed by atoms with Crippen LogP contribution in [0.1, 0.15) is 23.2 Å². The first-order chi connectivity index (χ1) is 14.5. The van der Waals surface area contributed by atoms with Crippen molar-refractivity contribution >= 4 is 64.2 Å². The molecule has 30 heavy (non-hydrogen) atoms. The van der Waals surface area contributed by atoms with E-state index in [-0.39, 0.29) is 13.2 Å². The van der Waals surface area contributed by atoms with Gasteiger partial charge in [0, 0.05) is 20.9 Å². The van der Waals surface area contributed by atoms with Crippen molar-refractivity contribution in [2.45, 2.75) is 12.1 Å². The monoisotopic (exact) mass is 481 g/mol. The van der Waals surface area contributed by atoms with Crippen LogP contribution < -0.4 is 5.32 Å². The maximum absolute atomic E-state index is 13.5. The minimum Gasteiger partial charge on any atom is -0.332 e. The summed E-state index contributed by atoms with van der Waals surface area (Å²) in [5, 5.41) is 6.42. The first-order valence-corrected chi connectivity index (χ1v) is 12.5. The summed E-state index contributed by atoms with van der Waals surface area (Å²) in [6.07, 6.45) is 3.84. The first-order valence-electron chi connectivity index (χ1n) is 9.24. The Morgan fingerprint density at radius 1 is 1.13 bits per heavy atom. The second-order valence-corrected chi connectivity index (χ2v) is 10.6. The molecule has 1 amide bonds. The molecule has 0 spiro atoms. The van der Waals surface area contributed by atoms with Gasteiger partial charge in [-0.1, -0.05) is 35.3 Å². The summed E-state index contributed by atoms with van der Waals surface area (Å²) >= 11 is 13.6. The molecule has 9 heteroatoms. The van der Waals surface area contributed by atoms with Gasteiger partial charge in [-0.05, 0) is 64.7 Å². The standard InChI is InChI=1S/C21H18Cl2NO4PS/c22-15-4-1-3-14(11-15)7-8-24-21(25)20(29(26)27-9-2-10-28-29)18-13-30-19-6-5-16(23)12-17(18)19/h1,3-8,11-13,20H,2,9-10H2,(H,24,25)/b8-7+. The number of carbonyl (C=O) groups excluding carboxylic acids is 1. The molecule has 1 saturated heterocycles. The van der Waals surface area contributed by atoms with Crippen molar-refractivity contribution in [2.75, 3.05) is 13.2 Å². The highest BCUT2D eigenvalue weighted by atomic mass is 35.5. The molecule has 1 unspecified atom stereocenters. The zero-order valence-corrected chi connectivity index (χ0v) is 18.9.